The number of esters is 1. The predicted molar refractivity (Wildman–Crippen MR) is 154 cm³/mol. The summed E-state index contributed by atoms with van der Waals surface area (Å²) in [6.45, 7) is 1.17. The summed E-state index contributed by atoms with van der Waals surface area (Å²) in [4.78, 5) is 25.7. The predicted octanol–water partition coefficient (Wildman–Crippen LogP) is 7.97. The molecule has 0 aliphatic carbocycles. The standard InChI is InChI=1S/C34H27F6NO4/c1-22(42)44-30(24-10-6-3-7-11-24)21-31(43)41-33(25-12-14-27(35)15-13-25,17-16-23-8-4-2-5-9-23)26-18-28(36)20-29(19-26)45-34(39,40)32(37)38/h2-20,30,32H,21H2,1H3,(H,41,43)/b17-16+/t30?,33-/m1/s1. The Morgan fingerprint density at radius 2 is 1.44 bits per heavy atom. The Balaban J connectivity index is 1.89. The fraction of sp³-hybridized carbons (Fsp3) is 0.176. The van der Waals surface area contributed by atoms with Crippen molar-refractivity contribution >= 4 is 18.0 Å². The van der Waals surface area contributed by atoms with Gasteiger partial charge in [0.05, 0.1) is 6.42 Å². The van der Waals surface area contributed by atoms with E-state index < -0.39 is 59.9 Å². The molecule has 0 fully saturated rings. The Bertz CT molecular complexity index is 1630. The average Bonchev–Trinajstić information content (AvgIpc) is 2.99. The van der Waals surface area contributed by atoms with Crippen LogP contribution in [-0.4, -0.2) is 24.4 Å². The molecular formula is C34H27F6NO4. The Labute approximate surface area is 255 Å². The van der Waals surface area contributed by atoms with E-state index in [9.17, 15) is 31.5 Å². The number of carbonyl (C=O) groups is 2. The molecule has 1 unspecified atom stereocenters. The molecule has 0 aliphatic rings. The summed E-state index contributed by atoms with van der Waals surface area (Å²) in [7, 11) is 0. The number of hydrogen-bond acceptors (Lipinski definition) is 4. The van der Waals surface area contributed by atoms with E-state index in [1.165, 1.54) is 25.1 Å². The molecule has 0 saturated carbocycles. The second-order valence-corrected chi connectivity index (χ2v) is 9.96. The van der Waals surface area contributed by atoms with Gasteiger partial charge in [-0.15, -0.1) is 0 Å². The lowest BCUT2D eigenvalue weighted by Gasteiger charge is -2.34. The van der Waals surface area contributed by atoms with Crippen LogP contribution in [0.3, 0.4) is 0 Å². The molecule has 0 aromatic heterocycles. The molecule has 0 radical (unpaired) electrons. The van der Waals surface area contributed by atoms with Crippen LogP contribution in [0.4, 0.5) is 26.3 Å². The van der Waals surface area contributed by atoms with Crippen molar-refractivity contribution in [2.75, 3.05) is 0 Å². The van der Waals surface area contributed by atoms with Crippen molar-refractivity contribution in [1.82, 2.24) is 5.32 Å². The van der Waals surface area contributed by atoms with E-state index in [4.69, 9.17) is 4.74 Å². The van der Waals surface area contributed by atoms with Crippen LogP contribution in [0.2, 0.25) is 0 Å². The minimum Gasteiger partial charge on any atom is -0.457 e. The largest absolute Gasteiger partial charge is 0.461 e. The molecule has 5 nitrogen and oxygen atoms in total. The van der Waals surface area contributed by atoms with Crippen molar-refractivity contribution in [3.05, 3.63) is 143 Å². The Kier molecular flexibility index (Phi) is 10.3. The first-order valence-electron chi connectivity index (χ1n) is 13.6. The summed E-state index contributed by atoms with van der Waals surface area (Å²) in [6, 6.07) is 24.0. The Morgan fingerprint density at radius 3 is 2.04 bits per heavy atom. The molecule has 4 aromatic rings. The summed E-state index contributed by atoms with van der Waals surface area (Å²) in [5, 5.41) is 2.77. The van der Waals surface area contributed by atoms with Crippen LogP contribution < -0.4 is 10.1 Å². The molecule has 1 amide bonds. The number of alkyl halides is 4. The van der Waals surface area contributed by atoms with E-state index in [0.29, 0.717) is 17.2 Å². The number of amides is 1. The zero-order valence-electron chi connectivity index (χ0n) is 23.7. The third kappa shape index (κ3) is 8.53. The molecule has 11 heteroatoms. The number of rotatable bonds is 12. The second kappa shape index (κ2) is 14.1. The lowest BCUT2D eigenvalue weighted by atomic mass is 9.81. The van der Waals surface area contributed by atoms with Gasteiger partial charge in [-0.3, -0.25) is 9.59 Å². The highest BCUT2D eigenvalue weighted by molar-refractivity contribution is 5.80. The molecular weight excluding hydrogens is 600 g/mol. The van der Waals surface area contributed by atoms with E-state index in [1.807, 2.05) is 0 Å². The summed E-state index contributed by atoms with van der Waals surface area (Å²) in [6.07, 6.45) is -7.71. The van der Waals surface area contributed by atoms with Crippen molar-refractivity contribution in [3.8, 4) is 5.75 Å². The van der Waals surface area contributed by atoms with Crippen LogP contribution in [-0.2, 0) is 19.9 Å². The van der Waals surface area contributed by atoms with Gasteiger partial charge in [-0.2, -0.15) is 17.6 Å². The van der Waals surface area contributed by atoms with Crippen LogP contribution >= 0.6 is 0 Å². The molecule has 2 atom stereocenters. The van der Waals surface area contributed by atoms with Crippen LogP contribution in [0, 0.1) is 11.6 Å². The van der Waals surface area contributed by atoms with Crippen molar-refractivity contribution in [2.24, 2.45) is 0 Å². The number of halogens is 6. The maximum Gasteiger partial charge on any atom is 0.461 e. The normalized spacial score (nSPS) is 13.7. The quantitative estimate of drug-likeness (QED) is 0.128. The third-order valence-corrected chi connectivity index (χ3v) is 6.65. The third-order valence-electron chi connectivity index (χ3n) is 6.65. The topological polar surface area (TPSA) is 64.6 Å². The first kappa shape index (κ1) is 32.8. The average molecular weight is 628 g/mol. The minimum absolute atomic E-state index is 0.144. The van der Waals surface area contributed by atoms with Gasteiger partial charge < -0.3 is 14.8 Å². The van der Waals surface area contributed by atoms with Gasteiger partial charge in [-0.25, -0.2) is 8.78 Å². The minimum atomic E-state index is -4.96. The number of nitrogens with one attached hydrogen (secondary N) is 1. The molecule has 0 heterocycles. The number of carbonyl (C=O) groups excluding carboxylic acids is 2. The van der Waals surface area contributed by atoms with E-state index in [2.05, 4.69) is 10.1 Å². The molecule has 4 rings (SSSR count). The fourth-order valence-corrected chi connectivity index (χ4v) is 4.63. The first-order chi connectivity index (χ1) is 21.4. The fourth-order valence-electron chi connectivity index (χ4n) is 4.63. The summed E-state index contributed by atoms with van der Waals surface area (Å²) in [5.41, 5.74) is -0.898. The zero-order chi connectivity index (χ0) is 32.6. The monoisotopic (exact) mass is 627 g/mol. The molecule has 1 N–H and O–H groups in total. The van der Waals surface area contributed by atoms with Gasteiger partial charge in [0.15, 0.2) is 0 Å². The highest BCUT2D eigenvalue weighted by atomic mass is 19.3. The van der Waals surface area contributed by atoms with Gasteiger partial charge in [0.1, 0.15) is 29.0 Å². The van der Waals surface area contributed by atoms with Crippen molar-refractivity contribution in [1.29, 1.82) is 0 Å². The molecule has 0 spiro atoms. The van der Waals surface area contributed by atoms with Crippen molar-refractivity contribution in [3.63, 3.8) is 0 Å². The highest BCUT2D eigenvalue weighted by Gasteiger charge is 2.44. The van der Waals surface area contributed by atoms with Crippen LogP contribution in [0.15, 0.2) is 109 Å². The van der Waals surface area contributed by atoms with Crippen molar-refractivity contribution in [2.45, 2.75) is 37.5 Å². The maximum absolute atomic E-state index is 15.0. The molecule has 4 aromatic carbocycles. The van der Waals surface area contributed by atoms with Gasteiger partial charge in [0.2, 0.25) is 5.91 Å². The molecule has 234 valence electrons. The van der Waals surface area contributed by atoms with Gasteiger partial charge in [0.25, 0.3) is 0 Å². The lowest BCUT2D eigenvalue weighted by molar-refractivity contribution is -0.253. The molecule has 0 saturated heterocycles. The van der Waals surface area contributed by atoms with E-state index in [0.717, 1.165) is 24.3 Å². The second-order valence-electron chi connectivity index (χ2n) is 9.96. The number of benzene rings is 4. The smallest absolute Gasteiger partial charge is 0.457 e. The molecule has 45 heavy (non-hydrogen) atoms. The molecule has 0 bridgehead atoms. The highest BCUT2D eigenvalue weighted by Crippen LogP contribution is 2.37. The Morgan fingerprint density at radius 1 is 0.822 bits per heavy atom. The molecule has 0 aliphatic heterocycles. The lowest BCUT2D eigenvalue weighted by Crippen LogP contribution is -2.46. The van der Waals surface area contributed by atoms with Gasteiger partial charge >= 0.3 is 18.5 Å². The summed E-state index contributed by atoms with van der Waals surface area (Å²) < 4.78 is 92.4. The van der Waals surface area contributed by atoms with Gasteiger partial charge in [0, 0.05) is 13.0 Å². The number of hydrogen-bond donors (Lipinski definition) is 1. The van der Waals surface area contributed by atoms with Gasteiger partial charge in [-0.05, 0) is 52.6 Å². The summed E-state index contributed by atoms with van der Waals surface area (Å²) >= 11 is 0. The summed E-state index contributed by atoms with van der Waals surface area (Å²) in [5.74, 6) is -4.17. The van der Waals surface area contributed by atoms with Crippen molar-refractivity contribution < 1.29 is 45.4 Å². The Hall–Kier alpha value is -5.06. The SMILES string of the molecule is CC(=O)OC(CC(=O)N[C@](/C=C/c1ccccc1)(c1ccc(F)cc1)c1cc(F)cc(OC(F)(F)C(F)F)c1)c1ccccc1. The van der Waals surface area contributed by atoms with E-state index in [-0.39, 0.29) is 11.1 Å². The van der Waals surface area contributed by atoms with Crippen LogP contribution in [0.1, 0.15) is 41.7 Å². The van der Waals surface area contributed by atoms with Crippen LogP contribution in [0.25, 0.3) is 6.08 Å². The van der Waals surface area contributed by atoms with E-state index in [1.54, 1.807) is 66.7 Å². The number of ether oxygens (including phenoxy) is 2. The first-order valence-corrected chi connectivity index (χ1v) is 13.6. The van der Waals surface area contributed by atoms with E-state index >= 15 is 4.39 Å². The maximum atomic E-state index is 15.0. The van der Waals surface area contributed by atoms with Gasteiger partial charge in [-0.1, -0.05) is 78.9 Å². The zero-order valence-corrected chi connectivity index (χ0v) is 23.7. The van der Waals surface area contributed by atoms with Crippen LogP contribution in [0.5, 0.6) is 5.75 Å².